The molecule has 0 aliphatic carbocycles. The van der Waals surface area contributed by atoms with Gasteiger partial charge < -0.3 is 13.5 Å². The molecule has 6 heterocycles. The maximum Gasteiger partial charge on any atom is 2.00 e. The number of hydrogen-bond acceptors (Lipinski definition) is 5. The number of rotatable bonds is 4. The predicted octanol–water partition coefficient (Wildman–Crippen LogP) is 9.73. The summed E-state index contributed by atoms with van der Waals surface area (Å²) in [6.45, 7) is 4.09. The van der Waals surface area contributed by atoms with Crippen molar-refractivity contribution < 1.29 is 25.8 Å². The molecule has 10 aromatic rings. The number of ether oxygens (including phenoxy) is 1. The summed E-state index contributed by atoms with van der Waals surface area (Å²) in [6.07, 6.45) is 3.65. The predicted molar refractivity (Wildman–Crippen MR) is 194 cm³/mol. The fourth-order valence-corrected chi connectivity index (χ4v) is 7.05. The third-order valence-corrected chi connectivity index (χ3v) is 9.40. The summed E-state index contributed by atoms with van der Waals surface area (Å²) in [5.41, 5.74) is 9.23. The van der Waals surface area contributed by atoms with Crippen LogP contribution in [-0.2, 0) is 21.1 Å². The molecule has 0 aliphatic heterocycles. The standard InChI is InChI=1S/C42H26N6O.Pt/c1-25-26(2)47-39-33(15-9-21-43-39)31-19-17-29(23-35(31)41(47)45-25)49-30-18-20-32-34-16-10-22-44-40(34)48-38(28-13-7-4-8-14-28)37(27-11-5-3-6-12-27)46-42(48)36(32)24-30;/h3-22H,1-2H3;/q-2;+2. The second-order valence-corrected chi connectivity index (χ2v) is 12.2. The van der Waals surface area contributed by atoms with Gasteiger partial charge in [-0.3, -0.25) is 9.97 Å². The molecule has 0 N–H and O–H groups in total. The van der Waals surface area contributed by atoms with Gasteiger partial charge in [0.05, 0.1) is 22.7 Å². The minimum Gasteiger partial charge on any atom is -0.497 e. The first-order valence-electron chi connectivity index (χ1n) is 16.2. The third-order valence-electron chi connectivity index (χ3n) is 9.40. The third kappa shape index (κ3) is 4.47. The number of fused-ring (bicyclic) bond motifs is 12. The largest absolute Gasteiger partial charge is 2.00 e. The van der Waals surface area contributed by atoms with Crippen LogP contribution in [0.5, 0.6) is 11.5 Å². The van der Waals surface area contributed by atoms with Crippen molar-refractivity contribution >= 4 is 54.9 Å². The molecule has 0 radical (unpaired) electrons. The van der Waals surface area contributed by atoms with Crippen LogP contribution in [0, 0.1) is 26.0 Å². The van der Waals surface area contributed by atoms with Gasteiger partial charge in [-0.2, -0.15) is 0 Å². The van der Waals surface area contributed by atoms with Crippen LogP contribution < -0.4 is 4.74 Å². The minimum atomic E-state index is 0. The number of pyridine rings is 4. The Morgan fingerprint density at radius 1 is 0.520 bits per heavy atom. The molecule has 8 heteroatoms. The van der Waals surface area contributed by atoms with E-state index in [-0.39, 0.29) is 21.1 Å². The van der Waals surface area contributed by atoms with Gasteiger partial charge in [-0.05, 0) is 36.8 Å². The van der Waals surface area contributed by atoms with Crippen LogP contribution in [0.3, 0.4) is 0 Å². The van der Waals surface area contributed by atoms with Crippen LogP contribution in [0.4, 0.5) is 0 Å². The SMILES string of the molecule is Cc1nc2c3[c-]c(Oc4[c-]c5c(cc4)c4cccnc4n4c(-c6ccccc6)c(-c6ccccc6)nc54)ccc3c3cccnc3n2c1C.[Pt+2]. The maximum absolute atomic E-state index is 6.54. The molecule has 10 rings (SSSR count). The molecular formula is C42H26N6OPt. The van der Waals surface area contributed by atoms with Crippen LogP contribution in [0.2, 0.25) is 0 Å². The van der Waals surface area contributed by atoms with Crippen LogP contribution in [0.1, 0.15) is 11.4 Å². The molecule has 0 fully saturated rings. The van der Waals surface area contributed by atoms with Crippen molar-refractivity contribution in [1.82, 2.24) is 28.7 Å². The number of aromatic nitrogens is 6. The van der Waals surface area contributed by atoms with Gasteiger partial charge in [0, 0.05) is 46.4 Å². The molecule has 4 aromatic carbocycles. The van der Waals surface area contributed by atoms with E-state index in [1.165, 1.54) is 0 Å². The van der Waals surface area contributed by atoms with E-state index in [0.29, 0.717) is 11.5 Å². The molecule has 0 aliphatic rings. The molecule has 0 saturated heterocycles. The topological polar surface area (TPSA) is 69.6 Å². The monoisotopic (exact) mass is 825 g/mol. The van der Waals surface area contributed by atoms with Crippen LogP contribution in [-0.4, -0.2) is 28.7 Å². The molecule has 7 nitrogen and oxygen atoms in total. The Labute approximate surface area is 301 Å². The van der Waals surface area contributed by atoms with Gasteiger partial charge in [0.25, 0.3) is 0 Å². The molecule has 0 saturated carbocycles. The summed E-state index contributed by atoms with van der Waals surface area (Å²) in [5, 5.41) is 5.79. The zero-order valence-corrected chi connectivity index (χ0v) is 29.2. The molecule has 0 bridgehead atoms. The number of benzene rings is 4. The normalized spacial score (nSPS) is 11.6. The van der Waals surface area contributed by atoms with Crippen LogP contribution in [0.25, 0.3) is 77.4 Å². The van der Waals surface area contributed by atoms with E-state index in [1.54, 1.807) is 0 Å². The molecule has 0 amide bonds. The van der Waals surface area contributed by atoms with Gasteiger partial charge in [-0.1, -0.05) is 119 Å². The first-order chi connectivity index (χ1) is 24.1. The Kier molecular flexibility index (Phi) is 7.00. The Morgan fingerprint density at radius 3 is 1.66 bits per heavy atom. The van der Waals surface area contributed by atoms with Crippen molar-refractivity contribution in [2.45, 2.75) is 13.8 Å². The summed E-state index contributed by atoms with van der Waals surface area (Å²) >= 11 is 0. The molecule has 0 spiro atoms. The quantitative estimate of drug-likeness (QED) is 0.131. The molecule has 50 heavy (non-hydrogen) atoms. The number of aryl methyl sites for hydroxylation is 2. The van der Waals surface area contributed by atoms with Gasteiger partial charge in [-0.25, -0.2) is 9.97 Å². The molecule has 0 atom stereocenters. The van der Waals surface area contributed by atoms with Crippen LogP contribution in [0.15, 0.2) is 122 Å². The Hall–Kier alpha value is -5.91. The minimum absolute atomic E-state index is 0. The Morgan fingerprint density at radius 2 is 1.06 bits per heavy atom. The summed E-state index contributed by atoms with van der Waals surface area (Å²) in [4.78, 5) is 19.8. The smallest absolute Gasteiger partial charge is 0.497 e. The van der Waals surface area contributed by atoms with Gasteiger partial charge in [0.2, 0.25) is 0 Å². The van der Waals surface area contributed by atoms with E-state index in [0.717, 1.165) is 88.8 Å². The van der Waals surface area contributed by atoms with E-state index in [9.17, 15) is 0 Å². The second-order valence-electron chi connectivity index (χ2n) is 12.2. The fourth-order valence-electron chi connectivity index (χ4n) is 7.05. The van der Waals surface area contributed by atoms with Gasteiger partial charge in [0.1, 0.15) is 11.3 Å². The van der Waals surface area contributed by atoms with E-state index < -0.39 is 0 Å². The van der Waals surface area contributed by atoms with Crippen molar-refractivity contribution in [3.05, 3.63) is 145 Å². The summed E-state index contributed by atoms with van der Waals surface area (Å²) in [7, 11) is 0. The average molecular weight is 826 g/mol. The second kappa shape index (κ2) is 11.6. The van der Waals surface area contributed by atoms with Crippen molar-refractivity contribution in [1.29, 1.82) is 0 Å². The number of imidazole rings is 2. The summed E-state index contributed by atoms with van der Waals surface area (Å²) in [5.74, 6) is 1.14. The Bertz CT molecular complexity index is 2930. The summed E-state index contributed by atoms with van der Waals surface area (Å²) < 4.78 is 10.8. The van der Waals surface area contributed by atoms with E-state index in [4.69, 9.17) is 24.7 Å². The average Bonchev–Trinajstić information content (AvgIpc) is 3.71. The van der Waals surface area contributed by atoms with E-state index >= 15 is 0 Å². The molecule has 6 aromatic heterocycles. The zero-order chi connectivity index (χ0) is 32.6. The van der Waals surface area contributed by atoms with Gasteiger partial charge in [0.15, 0.2) is 0 Å². The molecule has 240 valence electrons. The van der Waals surface area contributed by atoms with Gasteiger partial charge >= 0.3 is 21.1 Å². The maximum atomic E-state index is 6.54. The van der Waals surface area contributed by atoms with Crippen molar-refractivity contribution in [2.24, 2.45) is 0 Å². The molecular weight excluding hydrogens is 800 g/mol. The Balaban J connectivity index is 0.00000336. The van der Waals surface area contributed by atoms with Crippen molar-refractivity contribution in [2.75, 3.05) is 0 Å². The fraction of sp³-hybridized carbons (Fsp3) is 0.0476. The van der Waals surface area contributed by atoms with E-state index in [1.807, 2.05) is 67.8 Å². The van der Waals surface area contributed by atoms with E-state index in [2.05, 4.69) is 88.5 Å². The number of hydrogen-bond donors (Lipinski definition) is 0. The van der Waals surface area contributed by atoms with Gasteiger partial charge in [-0.15, -0.1) is 12.1 Å². The molecule has 0 unspecified atom stereocenters. The summed E-state index contributed by atoms with van der Waals surface area (Å²) in [6, 6.07) is 44.0. The number of nitrogens with zero attached hydrogens (tertiary/aromatic N) is 6. The van der Waals surface area contributed by atoms with Crippen LogP contribution >= 0.6 is 0 Å². The first-order valence-corrected chi connectivity index (χ1v) is 16.2. The zero-order valence-electron chi connectivity index (χ0n) is 27.0. The first kappa shape index (κ1) is 30.2. The van der Waals surface area contributed by atoms with Crippen molar-refractivity contribution in [3.63, 3.8) is 0 Å². The van der Waals surface area contributed by atoms with Crippen molar-refractivity contribution in [3.8, 4) is 34.0 Å².